The van der Waals surface area contributed by atoms with Gasteiger partial charge in [0.05, 0.1) is 6.10 Å². The van der Waals surface area contributed by atoms with Gasteiger partial charge in [-0.25, -0.2) is 0 Å². The zero-order valence-electron chi connectivity index (χ0n) is 12.6. The molecule has 1 heterocycles. The molecule has 0 saturated carbocycles. The van der Waals surface area contributed by atoms with Crippen LogP contribution in [-0.4, -0.2) is 21.0 Å². The Labute approximate surface area is 117 Å². The average Bonchev–Trinajstić information content (AvgIpc) is 2.27. The molecule has 0 saturated heterocycles. The van der Waals surface area contributed by atoms with Crippen molar-refractivity contribution in [1.82, 2.24) is 0 Å². The van der Waals surface area contributed by atoms with E-state index in [0.717, 1.165) is 17.9 Å². The molecule has 0 amide bonds. The molecule has 19 heavy (non-hydrogen) atoms. The topological polar surface area (TPSA) is 44.5 Å². The summed E-state index contributed by atoms with van der Waals surface area (Å²) in [7, 11) is -1.73. The van der Waals surface area contributed by atoms with E-state index in [0.29, 0.717) is 6.61 Å². The van der Waals surface area contributed by atoms with E-state index in [1.165, 1.54) is 5.56 Å². The van der Waals surface area contributed by atoms with Gasteiger partial charge in [-0.2, -0.15) is 0 Å². The van der Waals surface area contributed by atoms with Gasteiger partial charge in [-0.05, 0) is 29.8 Å². The summed E-state index contributed by atoms with van der Waals surface area (Å²) in [5.74, 6) is 0.912. The summed E-state index contributed by atoms with van der Waals surface area (Å²) >= 11 is 0. The summed E-state index contributed by atoms with van der Waals surface area (Å²) in [6, 6.07) is 5.88. The highest BCUT2D eigenvalue weighted by atomic mass is 28.4. The highest BCUT2D eigenvalue weighted by Gasteiger charge is 2.40. The molecule has 1 atom stereocenters. The fraction of sp³-hybridized carbons (Fsp3) is 0.600. The molecular formula is C15H25NO2Si. The van der Waals surface area contributed by atoms with Crippen molar-refractivity contribution in [2.24, 2.45) is 0 Å². The molecule has 0 aromatic heterocycles. The van der Waals surface area contributed by atoms with Gasteiger partial charge in [0, 0.05) is 18.2 Å². The van der Waals surface area contributed by atoms with Crippen molar-refractivity contribution in [3.8, 4) is 5.75 Å². The normalized spacial score (nSPS) is 19.7. The number of anilines is 1. The molecule has 0 bridgehead atoms. The molecule has 1 aromatic carbocycles. The lowest BCUT2D eigenvalue weighted by molar-refractivity contribution is 0.0997. The van der Waals surface area contributed by atoms with Gasteiger partial charge in [0.1, 0.15) is 12.4 Å². The Hall–Kier alpha value is -1.00. The summed E-state index contributed by atoms with van der Waals surface area (Å²) in [5.41, 5.74) is 7.72. The molecule has 3 nitrogen and oxygen atoms in total. The second kappa shape index (κ2) is 4.83. The standard InChI is InChI=1S/C15H25NO2Si/c1-15(2,3)19(4,5)18-13-8-11-6-7-12(16)9-14(11)17-10-13/h6-7,9,13H,8,10,16H2,1-5H3. The largest absolute Gasteiger partial charge is 0.491 e. The van der Waals surface area contributed by atoms with E-state index in [2.05, 4.69) is 33.9 Å². The van der Waals surface area contributed by atoms with E-state index in [1.54, 1.807) is 0 Å². The SMILES string of the molecule is CC(C)(C)[Si](C)(C)OC1COc2cc(N)ccc2C1. The van der Waals surface area contributed by atoms with Crippen molar-refractivity contribution in [1.29, 1.82) is 0 Å². The zero-order chi connectivity index (χ0) is 14.3. The Morgan fingerprint density at radius 1 is 1.32 bits per heavy atom. The second-order valence-corrected chi connectivity index (χ2v) is 11.6. The van der Waals surface area contributed by atoms with Crippen molar-refractivity contribution >= 4 is 14.0 Å². The van der Waals surface area contributed by atoms with Crippen LogP contribution in [0.5, 0.6) is 5.75 Å². The molecule has 1 aliphatic rings. The molecular weight excluding hydrogens is 254 g/mol. The van der Waals surface area contributed by atoms with Crippen molar-refractivity contribution in [2.75, 3.05) is 12.3 Å². The van der Waals surface area contributed by atoms with Gasteiger partial charge >= 0.3 is 0 Å². The molecule has 0 spiro atoms. The minimum absolute atomic E-state index is 0.164. The molecule has 0 fully saturated rings. The van der Waals surface area contributed by atoms with Crippen LogP contribution in [-0.2, 0) is 10.8 Å². The number of nitrogen functional groups attached to an aromatic ring is 1. The van der Waals surface area contributed by atoms with Gasteiger partial charge in [0.15, 0.2) is 8.32 Å². The van der Waals surface area contributed by atoms with Crippen LogP contribution >= 0.6 is 0 Å². The van der Waals surface area contributed by atoms with Crippen LogP contribution < -0.4 is 10.5 Å². The van der Waals surface area contributed by atoms with Gasteiger partial charge < -0.3 is 14.9 Å². The van der Waals surface area contributed by atoms with Crippen LogP contribution in [0.25, 0.3) is 0 Å². The highest BCUT2D eigenvalue weighted by Crippen LogP contribution is 2.38. The maximum atomic E-state index is 6.41. The minimum atomic E-state index is -1.73. The minimum Gasteiger partial charge on any atom is -0.491 e. The van der Waals surface area contributed by atoms with Gasteiger partial charge in [-0.3, -0.25) is 0 Å². The number of fused-ring (bicyclic) bond motifs is 1. The third kappa shape index (κ3) is 3.12. The fourth-order valence-corrected chi connectivity index (χ4v) is 3.37. The van der Waals surface area contributed by atoms with Crippen molar-refractivity contribution in [2.45, 2.75) is 51.4 Å². The van der Waals surface area contributed by atoms with Crippen molar-refractivity contribution in [3.63, 3.8) is 0 Å². The van der Waals surface area contributed by atoms with Crippen LogP contribution in [0.1, 0.15) is 26.3 Å². The number of hydrogen-bond acceptors (Lipinski definition) is 3. The number of rotatable bonds is 2. The van der Waals surface area contributed by atoms with E-state index < -0.39 is 8.32 Å². The van der Waals surface area contributed by atoms with Crippen LogP contribution in [0.2, 0.25) is 18.1 Å². The Balaban J connectivity index is 2.09. The number of benzene rings is 1. The lowest BCUT2D eigenvalue weighted by atomic mass is 10.0. The summed E-state index contributed by atoms with van der Waals surface area (Å²) in [5, 5.41) is 0.231. The highest BCUT2D eigenvalue weighted by molar-refractivity contribution is 6.74. The monoisotopic (exact) mass is 279 g/mol. The second-order valence-electron chi connectivity index (χ2n) is 6.88. The number of nitrogens with two attached hydrogens (primary N) is 1. The first kappa shape index (κ1) is 14.4. The lowest BCUT2D eigenvalue weighted by Crippen LogP contribution is -2.46. The van der Waals surface area contributed by atoms with Gasteiger partial charge in [0.2, 0.25) is 0 Å². The van der Waals surface area contributed by atoms with Crippen LogP contribution in [0.15, 0.2) is 18.2 Å². The first-order valence-corrected chi connectivity index (χ1v) is 9.79. The van der Waals surface area contributed by atoms with Gasteiger partial charge in [0.25, 0.3) is 0 Å². The van der Waals surface area contributed by atoms with Gasteiger partial charge in [-0.15, -0.1) is 0 Å². The third-order valence-corrected chi connectivity index (χ3v) is 8.77. The first-order valence-electron chi connectivity index (χ1n) is 6.88. The molecule has 2 N–H and O–H groups in total. The Morgan fingerprint density at radius 3 is 2.63 bits per heavy atom. The molecule has 1 unspecified atom stereocenters. The molecule has 4 heteroatoms. The van der Waals surface area contributed by atoms with Gasteiger partial charge in [-0.1, -0.05) is 26.8 Å². The van der Waals surface area contributed by atoms with Crippen LogP contribution in [0.4, 0.5) is 5.69 Å². The van der Waals surface area contributed by atoms with E-state index in [9.17, 15) is 0 Å². The first-order chi connectivity index (χ1) is 8.69. The predicted molar refractivity (Wildman–Crippen MR) is 82.1 cm³/mol. The summed E-state index contributed by atoms with van der Waals surface area (Å²) in [6.07, 6.45) is 1.08. The number of ether oxygens (including phenoxy) is 1. The smallest absolute Gasteiger partial charge is 0.192 e. The third-order valence-electron chi connectivity index (χ3n) is 4.23. The summed E-state index contributed by atoms with van der Waals surface area (Å²) in [6.45, 7) is 12.0. The number of hydrogen-bond donors (Lipinski definition) is 1. The van der Waals surface area contributed by atoms with E-state index in [-0.39, 0.29) is 11.1 Å². The molecule has 0 radical (unpaired) electrons. The Bertz CT molecular complexity index is 466. The maximum absolute atomic E-state index is 6.41. The molecule has 0 aliphatic carbocycles. The van der Waals surface area contributed by atoms with E-state index in [4.69, 9.17) is 14.9 Å². The lowest BCUT2D eigenvalue weighted by Gasteiger charge is -2.40. The maximum Gasteiger partial charge on any atom is 0.192 e. The predicted octanol–water partition coefficient (Wildman–Crippen LogP) is 3.59. The average molecular weight is 279 g/mol. The van der Waals surface area contributed by atoms with Crippen LogP contribution in [0, 0.1) is 0 Å². The van der Waals surface area contributed by atoms with E-state index >= 15 is 0 Å². The summed E-state index contributed by atoms with van der Waals surface area (Å²) in [4.78, 5) is 0. The quantitative estimate of drug-likeness (QED) is 0.664. The molecule has 1 aromatic rings. The van der Waals surface area contributed by atoms with E-state index in [1.807, 2.05) is 18.2 Å². The van der Waals surface area contributed by atoms with Crippen LogP contribution in [0.3, 0.4) is 0 Å². The van der Waals surface area contributed by atoms with Crippen molar-refractivity contribution in [3.05, 3.63) is 23.8 Å². The zero-order valence-corrected chi connectivity index (χ0v) is 13.6. The molecule has 1 aliphatic heterocycles. The molecule has 106 valence electrons. The summed E-state index contributed by atoms with van der Waals surface area (Å²) < 4.78 is 12.2. The van der Waals surface area contributed by atoms with Crippen molar-refractivity contribution < 1.29 is 9.16 Å². The Kier molecular flexibility index (Phi) is 3.67. The Morgan fingerprint density at radius 2 is 2.00 bits per heavy atom. The molecule has 2 rings (SSSR count). The fourth-order valence-electron chi connectivity index (χ4n) is 2.03.